The Kier molecular flexibility index (Phi) is 7.57. The molecule has 1 spiro atoms. The van der Waals surface area contributed by atoms with Crippen LogP contribution in [-0.2, 0) is 15.0 Å². The molecule has 5 aromatic rings. The van der Waals surface area contributed by atoms with Crippen molar-refractivity contribution < 1.29 is 32.3 Å². The molecule has 1 saturated heterocycles. The van der Waals surface area contributed by atoms with Crippen molar-refractivity contribution in [2.45, 2.75) is 44.3 Å². The number of hydrogen-bond acceptors (Lipinski definition) is 6. The highest BCUT2D eigenvalue weighted by Gasteiger charge is 2.60. The normalized spacial score (nSPS) is 19.4. The van der Waals surface area contributed by atoms with Crippen LogP contribution in [0.2, 0.25) is 0 Å². The summed E-state index contributed by atoms with van der Waals surface area (Å²) in [4.78, 5) is 65.8. The largest absolute Gasteiger partial charge is 0.423 e. The first-order valence-electron chi connectivity index (χ1n) is 15.4. The number of H-pyrrole nitrogens is 1. The van der Waals surface area contributed by atoms with Crippen molar-refractivity contribution in [3.63, 3.8) is 0 Å². The van der Waals surface area contributed by atoms with Crippen molar-refractivity contribution in [2.24, 2.45) is 5.92 Å². The van der Waals surface area contributed by atoms with E-state index in [-0.39, 0.29) is 47.4 Å². The first-order chi connectivity index (χ1) is 22.9. The van der Waals surface area contributed by atoms with Gasteiger partial charge in [-0.05, 0) is 58.5 Å². The van der Waals surface area contributed by atoms with Crippen molar-refractivity contribution in [1.82, 2.24) is 19.8 Å². The zero-order chi connectivity index (χ0) is 34.1. The summed E-state index contributed by atoms with van der Waals surface area (Å²) in [5, 5.41) is 2.69. The zero-order valence-corrected chi connectivity index (χ0v) is 26.9. The smallest absolute Gasteiger partial charge is 0.348 e. The topological polar surface area (TPSA) is 118 Å². The van der Waals surface area contributed by atoms with Gasteiger partial charge in [-0.2, -0.15) is 0 Å². The summed E-state index contributed by atoms with van der Waals surface area (Å²) in [6.45, 7) is 3.58. The van der Waals surface area contributed by atoms with Crippen LogP contribution in [0, 0.1) is 28.3 Å². The number of aromatic amines is 1. The number of nitrogens with one attached hydrogen (secondary N) is 2. The fourth-order valence-electron chi connectivity index (χ4n) is 6.83. The Hall–Kier alpha value is -5.11. The second-order valence-corrected chi connectivity index (χ2v) is 13.7. The SMILES string of the molecule is CC(C)C[C@@H](C(=O)N1C[C@]2(C[C@@H]1[N+](=O)c1nc3ccccc3s1)C(=O)Nc1ccccc12)N(C)C(=O)c1cc2c(F)cc(F)c(F)c2[nH]1. The second-order valence-electron chi connectivity index (χ2n) is 12.7. The van der Waals surface area contributed by atoms with Crippen LogP contribution in [-0.4, -0.2) is 68.0 Å². The van der Waals surface area contributed by atoms with Gasteiger partial charge < -0.3 is 15.2 Å². The minimum atomic E-state index is -1.41. The molecule has 2 aliphatic heterocycles. The number of nitrogens with zero attached hydrogens (tertiary/aromatic N) is 4. The highest BCUT2D eigenvalue weighted by atomic mass is 32.1. The maximum atomic E-state index is 14.7. The van der Waals surface area contributed by atoms with Gasteiger partial charge in [0.2, 0.25) is 18.0 Å². The molecule has 0 unspecified atom stereocenters. The lowest BCUT2D eigenvalue weighted by Gasteiger charge is -2.33. The molecule has 3 atom stereocenters. The molecule has 2 N–H and O–H groups in total. The molecule has 2 aliphatic rings. The number of hydrogen-bond donors (Lipinski definition) is 2. The van der Waals surface area contributed by atoms with Gasteiger partial charge in [0.25, 0.3) is 5.91 Å². The van der Waals surface area contributed by atoms with Gasteiger partial charge in [0, 0.05) is 41.9 Å². The number of carbonyl (C=O) groups is 3. The van der Waals surface area contributed by atoms with E-state index < -0.39 is 52.4 Å². The average Bonchev–Trinajstić information content (AvgIpc) is 3.85. The van der Waals surface area contributed by atoms with E-state index in [1.165, 1.54) is 11.9 Å². The number of halogens is 3. The highest BCUT2D eigenvalue weighted by Crippen LogP contribution is 2.48. The predicted molar refractivity (Wildman–Crippen MR) is 173 cm³/mol. The Morgan fingerprint density at radius 2 is 1.83 bits per heavy atom. The van der Waals surface area contributed by atoms with Crippen molar-refractivity contribution in [3.05, 3.63) is 94.3 Å². The summed E-state index contributed by atoms with van der Waals surface area (Å²) in [5.74, 6) is -5.62. The third-order valence-corrected chi connectivity index (χ3v) is 10.3. The standard InChI is InChI=1S/C34H29F3N6O4S/c1-17(2)12-25(41(3)30(44)24-13-18-20(35)14-21(36)28(37)29(18)38-24)31(45)42-16-34(19-8-4-5-9-22(19)39-32(34)46)15-27(42)43(47)33-40-23-10-6-7-11-26(23)48-33/h4-11,13-14,17,25,27H,12,15-16H2,1-3H3,(H-,38,39,44,46)/p+1/t25-,27-,34-/m0/s1. The lowest BCUT2D eigenvalue weighted by molar-refractivity contribution is -0.526. The van der Waals surface area contributed by atoms with Crippen LogP contribution in [0.25, 0.3) is 21.1 Å². The maximum absolute atomic E-state index is 14.7. The molecule has 3 aromatic carbocycles. The Morgan fingerprint density at radius 3 is 2.58 bits per heavy atom. The lowest BCUT2D eigenvalue weighted by Crippen LogP contribution is -2.53. The minimum Gasteiger partial charge on any atom is -0.348 e. The van der Waals surface area contributed by atoms with E-state index in [1.54, 1.807) is 36.4 Å². The number of amides is 3. The fourth-order valence-corrected chi connectivity index (χ4v) is 7.75. The molecule has 3 amide bonds. The molecule has 0 aliphatic carbocycles. The summed E-state index contributed by atoms with van der Waals surface area (Å²) < 4.78 is 44.3. The summed E-state index contributed by atoms with van der Waals surface area (Å²) in [6.07, 6.45) is -1.02. The highest BCUT2D eigenvalue weighted by molar-refractivity contribution is 7.21. The Morgan fingerprint density at radius 1 is 1.10 bits per heavy atom. The quantitative estimate of drug-likeness (QED) is 0.156. The van der Waals surface area contributed by atoms with Gasteiger partial charge >= 0.3 is 5.13 Å². The van der Waals surface area contributed by atoms with Gasteiger partial charge in [-0.1, -0.05) is 49.1 Å². The molecule has 2 aromatic heterocycles. The third-order valence-electron chi connectivity index (χ3n) is 9.24. The molecule has 1 fully saturated rings. The van der Waals surface area contributed by atoms with Crippen molar-refractivity contribution in [3.8, 4) is 0 Å². The van der Waals surface area contributed by atoms with Gasteiger partial charge in [-0.15, -0.1) is 0 Å². The zero-order valence-electron chi connectivity index (χ0n) is 26.1. The molecule has 48 heavy (non-hydrogen) atoms. The molecule has 4 heterocycles. The molecular weight excluding hydrogens is 645 g/mol. The van der Waals surface area contributed by atoms with E-state index in [0.29, 0.717) is 27.6 Å². The first kappa shape index (κ1) is 31.5. The summed E-state index contributed by atoms with van der Waals surface area (Å²) in [5.41, 5.74) is -0.141. The second kappa shape index (κ2) is 11.5. The number of benzene rings is 3. The van der Waals surface area contributed by atoms with Gasteiger partial charge in [0.05, 0.1) is 10.2 Å². The van der Waals surface area contributed by atoms with Crippen LogP contribution < -0.4 is 5.32 Å². The summed E-state index contributed by atoms with van der Waals surface area (Å²) >= 11 is 1.16. The number of nitroso groups, excluding NO2 is 1. The van der Waals surface area contributed by atoms with E-state index in [4.69, 9.17) is 0 Å². The number of carbonyl (C=O) groups excluding carboxylic acids is 3. The molecule has 0 radical (unpaired) electrons. The third kappa shape index (κ3) is 4.93. The number of likely N-dealkylation sites (N-methyl/N-ethyl adjacent to an activating group) is 1. The Balaban J connectivity index is 1.28. The monoisotopic (exact) mass is 675 g/mol. The summed E-state index contributed by atoms with van der Waals surface area (Å²) in [7, 11) is 1.38. The van der Waals surface area contributed by atoms with Crippen LogP contribution in [0.4, 0.5) is 24.0 Å². The molecule has 0 saturated carbocycles. The van der Waals surface area contributed by atoms with Gasteiger partial charge in [-0.3, -0.25) is 19.3 Å². The predicted octanol–water partition coefficient (Wildman–Crippen LogP) is 6.24. The Labute approximate surface area is 276 Å². The van der Waals surface area contributed by atoms with Crippen LogP contribution >= 0.6 is 11.3 Å². The lowest BCUT2D eigenvalue weighted by atomic mass is 9.80. The van der Waals surface area contributed by atoms with Gasteiger partial charge in [0.1, 0.15) is 23.0 Å². The van der Waals surface area contributed by atoms with Gasteiger partial charge in [-0.25, -0.2) is 13.2 Å². The van der Waals surface area contributed by atoms with E-state index in [1.807, 2.05) is 26.0 Å². The van der Waals surface area contributed by atoms with Crippen LogP contribution in [0.5, 0.6) is 0 Å². The van der Waals surface area contributed by atoms with Crippen molar-refractivity contribution in [1.29, 1.82) is 0 Å². The molecule has 10 nitrogen and oxygen atoms in total. The number of fused-ring (bicyclic) bond motifs is 4. The van der Waals surface area contributed by atoms with Crippen LogP contribution in [0.3, 0.4) is 0 Å². The maximum Gasteiger partial charge on any atom is 0.423 e. The number of anilines is 1. The minimum absolute atomic E-state index is 0.0286. The number of likely N-dealkylation sites (tertiary alicyclic amines) is 1. The van der Waals surface area contributed by atoms with E-state index >= 15 is 0 Å². The summed E-state index contributed by atoms with van der Waals surface area (Å²) in [6, 6.07) is 14.7. The molecular formula is C34H30F3N6O4S+. The molecule has 7 rings (SSSR count). The number of aromatic nitrogens is 2. The van der Waals surface area contributed by atoms with Crippen LogP contribution in [0.1, 0.15) is 42.7 Å². The van der Waals surface area contributed by atoms with Crippen molar-refractivity contribution >= 4 is 61.0 Å². The van der Waals surface area contributed by atoms with E-state index in [9.17, 15) is 32.5 Å². The van der Waals surface area contributed by atoms with E-state index in [0.717, 1.165) is 27.0 Å². The average molecular weight is 676 g/mol. The number of para-hydroxylation sites is 2. The van der Waals surface area contributed by atoms with E-state index in [2.05, 4.69) is 15.3 Å². The van der Waals surface area contributed by atoms with Crippen molar-refractivity contribution in [2.75, 3.05) is 18.9 Å². The first-order valence-corrected chi connectivity index (χ1v) is 16.2. The molecule has 0 bridgehead atoms. The van der Waals surface area contributed by atoms with Gasteiger partial charge in [0.15, 0.2) is 17.2 Å². The Bertz CT molecular complexity index is 2130. The number of rotatable bonds is 7. The fraction of sp³-hybridized carbons (Fsp3) is 0.294. The molecule has 14 heteroatoms. The number of thiazole rings is 1. The molecule has 246 valence electrons. The van der Waals surface area contributed by atoms with Crippen LogP contribution in [0.15, 0.2) is 60.7 Å².